The van der Waals surface area contributed by atoms with Crippen molar-refractivity contribution in [3.8, 4) is 5.75 Å². The fraction of sp³-hybridized carbons (Fsp3) is 0.455. The number of piperidine rings is 1. The highest BCUT2D eigenvalue weighted by Crippen LogP contribution is 2.28. The molecule has 8 heteroatoms. The van der Waals surface area contributed by atoms with Gasteiger partial charge in [0.1, 0.15) is 12.4 Å². The van der Waals surface area contributed by atoms with Gasteiger partial charge in [-0.05, 0) is 51.2 Å². The summed E-state index contributed by atoms with van der Waals surface area (Å²) >= 11 is 0. The van der Waals surface area contributed by atoms with Gasteiger partial charge in [0.25, 0.3) is 5.91 Å². The van der Waals surface area contributed by atoms with Crippen LogP contribution in [0.5, 0.6) is 5.75 Å². The van der Waals surface area contributed by atoms with Crippen LogP contribution in [0.4, 0.5) is 5.69 Å². The lowest BCUT2D eigenvalue weighted by atomic mass is 9.92. The highest BCUT2D eigenvalue weighted by molar-refractivity contribution is 5.96. The number of benzene rings is 1. The molecule has 1 fully saturated rings. The molecule has 0 unspecified atom stereocenters. The van der Waals surface area contributed by atoms with Gasteiger partial charge in [0.15, 0.2) is 11.4 Å². The van der Waals surface area contributed by atoms with Gasteiger partial charge in [-0.1, -0.05) is 17.7 Å². The van der Waals surface area contributed by atoms with Gasteiger partial charge >= 0.3 is 5.97 Å². The molecule has 3 rings (SSSR count). The molecule has 3 N–H and O–H groups in total. The van der Waals surface area contributed by atoms with E-state index in [-0.39, 0.29) is 11.4 Å². The normalized spacial score (nSPS) is 14.6. The van der Waals surface area contributed by atoms with Crippen LogP contribution in [0.2, 0.25) is 0 Å². The number of amides is 1. The Morgan fingerprint density at radius 3 is 2.50 bits per heavy atom. The van der Waals surface area contributed by atoms with Crippen LogP contribution < -0.4 is 10.2 Å². The summed E-state index contributed by atoms with van der Waals surface area (Å²) in [5.41, 5.74) is 3.95. The van der Waals surface area contributed by atoms with Crippen molar-refractivity contribution in [1.82, 2.24) is 15.3 Å². The van der Waals surface area contributed by atoms with E-state index in [1.807, 2.05) is 0 Å². The Labute approximate surface area is 176 Å². The highest BCUT2D eigenvalue weighted by Gasteiger charge is 2.24. The van der Waals surface area contributed by atoms with Gasteiger partial charge in [-0.15, -0.1) is 0 Å². The van der Waals surface area contributed by atoms with E-state index in [9.17, 15) is 14.7 Å². The van der Waals surface area contributed by atoms with Crippen LogP contribution in [-0.2, 0) is 11.2 Å². The zero-order valence-corrected chi connectivity index (χ0v) is 17.6. The average Bonchev–Trinajstić information content (AvgIpc) is 2.69. The summed E-state index contributed by atoms with van der Waals surface area (Å²) in [7, 11) is 0. The third-order valence-corrected chi connectivity index (χ3v) is 5.50. The van der Waals surface area contributed by atoms with E-state index in [0.29, 0.717) is 23.9 Å². The Bertz CT molecular complexity index is 952. The van der Waals surface area contributed by atoms with E-state index < -0.39 is 18.4 Å². The van der Waals surface area contributed by atoms with Crippen LogP contribution in [0.1, 0.15) is 46.0 Å². The van der Waals surface area contributed by atoms with Gasteiger partial charge in [0.05, 0.1) is 5.69 Å². The minimum atomic E-state index is -1.16. The topological polar surface area (TPSA) is 116 Å². The van der Waals surface area contributed by atoms with Gasteiger partial charge in [-0.25, -0.2) is 9.97 Å². The summed E-state index contributed by atoms with van der Waals surface area (Å²) < 4.78 is 0. The molecule has 2 aromatic rings. The second-order valence-electron chi connectivity index (χ2n) is 7.92. The maximum Gasteiger partial charge on any atom is 0.322 e. The molecule has 160 valence electrons. The Balaban J connectivity index is 1.66. The fourth-order valence-corrected chi connectivity index (χ4v) is 3.91. The van der Waals surface area contributed by atoms with Crippen molar-refractivity contribution in [2.75, 3.05) is 24.5 Å². The first-order valence-corrected chi connectivity index (χ1v) is 10.1. The number of hydrogen-bond acceptors (Lipinski definition) is 6. The lowest BCUT2D eigenvalue weighted by Gasteiger charge is -2.34. The van der Waals surface area contributed by atoms with E-state index >= 15 is 0 Å². The molecule has 8 nitrogen and oxygen atoms in total. The average molecular weight is 412 g/mol. The number of carboxylic acids is 1. The van der Waals surface area contributed by atoms with Crippen molar-refractivity contribution >= 4 is 17.6 Å². The largest absolute Gasteiger partial charge is 0.504 e. The van der Waals surface area contributed by atoms with E-state index in [2.05, 4.69) is 52.2 Å². The van der Waals surface area contributed by atoms with Gasteiger partial charge in [-0.2, -0.15) is 0 Å². The molecule has 0 bridgehead atoms. The fourth-order valence-electron chi connectivity index (χ4n) is 3.91. The van der Waals surface area contributed by atoms with Crippen molar-refractivity contribution in [2.24, 2.45) is 5.92 Å². The number of hydrogen-bond donors (Lipinski definition) is 3. The second-order valence-corrected chi connectivity index (χ2v) is 7.92. The minimum Gasteiger partial charge on any atom is -0.504 e. The second kappa shape index (κ2) is 9.11. The van der Waals surface area contributed by atoms with E-state index in [1.54, 1.807) is 6.92 Å². The minimum absolute atomic E-state index is 0.175. The number of nitrogens with one attached hydrogen (secondary N) is 1. The molecule has 1 aliphatic rings. The molecule has 30 heavy (non-hydrogen) atoms. The molecule has 1 aromatic heterocycles. The Hall–Kier alpha value is -3.16. The standard InChI is InChI=1S/C22H28N4O4/c1-13-4-5-17(14(2)10-13)26-8-6-16(7-9-26)11-18-24-15(3)21(29)20(25-18)22(30)23-12-19(27)28/h4-5,10,16,29H,6-9,11-12H2,1-3H3,(H,23,30)(H,27,28). The van der Waals surface area contributed by atoms with Crippen LogP contribution in [0.25, 0.3) is 0 Å². The van der Waals surface area contributed by atoms with E-state index in [1.165, 1.54) is 16.8 Å². The number of aliphatic carboxylic acids is 1. The molecule has 0 saturated carbocycles. The van der Waals surface area contributed by atoms with Gasteiger partial charge in [0, 0.05) is 25.2 Å². The molecule has 0 atom stereocenters. The molecule has 1 saturated heterocycles. The summed E-state index contributed by atoms with van der Waals surface area (Å²) in [6.45, 7) is 7.19. The molecule has 2 heterocycles. The number of carboxylic acid groups (broad SMARTS) is 1. The SMILES string of the molecule is Cc1ccc(N2CCC(Cc3nc(C)c(O)c(C(=O)NCC(=O)O)n3)CC2)c(C)c1. The molecule has 0 spiro atoms. The Morgan fingerprint density at radius 2 is 1.87 bits per heavy atom. The van der Waals surface area contributed by atoms with Gasteiger partial charge < -0.3 is 20.4 Å². The molecule has 1 aromatic carbocycles. The maximum absolute atomic E-state index is 12.2. The smallest absolute Gasteiger partial charge is 0.322 e. The number of aromatic nitrogens is 2. The molecule has 0 radical (unpaired) electrons. The zero-order chi connectivity index (χ0) is 21.8. The van der Waals surface area contributed by atoms with E-state index in [0.717, 1.165) is 25.9 Å². The van der Waals surface area contributed by atoms with Crippen LogP contribution in [0.3, 0.4) is 0 Å². The number of carbonyl (C=O) groups is 2. The summed E-state index contributed by atoms with van der Waals surface area (Å²) in [5.74, 6) is -1.32. The van der Waals surface area contributed by atoms with Crippen LogP contribution in [0, 0.1) is 26.7 Å². The number of nitrogens with zero attached hydrogens (tertiary/aromatic N) is 3. The number of aryl methyl sites for hydroxylation is 3. The first-order chi connectivity index (χ1) is 14.2. The Kier molecular flexibility index (Phi) is 6.54. The first kappa shape index (κ1) is 21.5. The van der Waals surface area contributed by atoms with Crippen molar-refractivity contribution in [2.45, 2.75) is 40.0 Å². The first-order valence-electron chi connectivity index (χ1n) is 10.1. The zero-order valence-electron chi connectivity index (χ0n) is 17.6. The summed E-state index contributed by atoms with van der Waals surface area (Å²) in [5, 5.41) is 21.1. The summed E-state index contributed by atoms with van der Waals surface area (Å²) in [6, 6.07) is 6.52. The quantitative estimate of drug-likeness (QED) is 0.667. The molecule has 0 aliphatic carbocycles. The predicted molar refractivity (Wildman–Crippen MR) is 113 cm³/mol. The monoisotopic (exact) mass is 412 g/mol. The van der Waals surface area contributed by atoms with Gasteiger partial charge in [-0.3, -0.25) is 9.59 Å². The van der Waals surface area contributed by atoms with Crippen molar-refractivity contribution < 1.29 is 19.8 Å². The van der Waals surface area contributed by atoms with Crippen molar-refractivity contribution in [1.29, 1.82) is 0 Å². The number of carbonyl (C=O) groups excluding carboxylic acids is 1. The van der Waals surface area contributed by atoms with Crippen LogP contribution >= 0.6 is 0 Å². The third kappa shape index (κ3) is 5.06. The third-order valence-electron chi connectivity index (χ3n) is 5.50. The van der Waals surface area contributed by atoms with Crippen molar-refractivity contribution in [3.63, 3.8) is 0 Å². The van der Waals surface area contributed by atoms with Crippen molar-refractivity contribution in [3.05, 3.63) is 46.5 Å². The van der Waals surface area contributed by atoms with Gasteiger partial charge in [0.2, 0.25) is 0 Å². The molecular formula is C22H28N4O4. The number of anilines is 1. The maximum atomic E-state index is 12.2. The lowest BCUT2D eigenvalue weighted by molar-refractivity contribution is -0.135. The Morgan fingerprint density at radius 1 is 1.17 bits per heavy atom. The highest BCUT2D eigenvalue weighted by atomic mass is 16.4. The number of rotatable bonds is 6. The molecule has 1 aliphatic heterocycles. The molecule has 1 amide bonds. The molecular weight excluding hydrogens is 384 g/mol. The van der Waals surface area contributed by atoms with Crippen LogP contribution in [-0.4, -0.2) is 51.7 Å². The van der Waals surface area contributed by atoms with Crippen LogP contribution in [0.15, 0.2) is 18.2 Å². The number of aromatic hydroxyl groups is 1. The predicted octanol–water partition coefficient (Wildman–Crippen LogP) is 2.38. The summed E-state index contributed by atoms with van der Waals surface area (Å²) in [6.07, 6.45) is 2.58. The summed E-state index contributed by atoms with van der Waals surface area (Å²) in [4.78, 5) is 33.8. The lowest BCUT2D eigenvalue weighted by Crippen LogP contribution is -2.35. The van der Waals surface area contributed by atoms with E-state index in [4.69, 9.17) is 5.11 Å².